The van der Waals surface area contributed by atoms with Crippen molar-refractivity contribution in [1.29, 1.82) is 0 Å². The Morgan fingerprint density at radius 2 is 1.52 bits per heavy atom. The number of nitrogens with zero attached hydrogens (tertiary/aromatic N) is 2. The van der Waals surface area contributed by atoms with Gasteiger partial charge >= 0.3 is 0 Å². The van der Waals surface area contributed by atoms with E-state index in [0.29, 0.717) is 0 Å². The summed E-state index contributed by atoms with van der Waals surface area (Å²) < 4.78 is 2.54. The summed E-state index contributed by atoms with van der Waals surface area (Å²) in [5.74, 6) is 0.229. The SMILES string of the molecule is C=CC1=C(/C=C\C)c2cc(N(C3=CC(C4=CCCC=C4)=CC(c4ccccc4)C3)c3cccc4c5cccc6c7ccccc7n(c34)c65)ccc2C1(C)C. The molecule has 0 radical (unpaired) electrons. The summed E-state index contributed by atoms with van der Waals surface area (Å²) in [6.45, 7) is 11.1. The zero-order valence-corrected chi connectivity index (χ0v) is 31.3. The van der Waals surface area contributed by atoms with Crippen LogP contribution in [0.25, 0.3) is 43.7 Å². The van der Waals surface area contributed by atoms with Crippen molar-refractivity contribution in [2.24, 2.45) is 0 Å². The fourth-order valence-electron chi connectivity index (χ4n) is 9.73. The molecule has 54 heavy (non-hydrogen) atoms. The largest absolute Gasteiger partial charge is 0.312 e. The first-order valence-corrected chi connectivity index (χ1v) is 19.4. The molecular formula is C52H44N2. The van der Waals surface area contributed by atoms with E-state index < -0.39 is 0 Å². The lowest BCUT2D eigenvalue weighted by atomic mass is 9.81. The van der Waals surface area contributed by atoms with Crippen LogP contribution in [0.5, 0.6) is 0 Å². The van der Waals surface area contributed by atoms with E-state index in [9.17, 15) is 0 Å². The number of benzene rings is 5. The number of allylic oxidation sites excluding steroid dienone is 13. The van der Waals surface area contributed by atoms with Gasteiger partial charge < -0.3 is 9.30 Å². The first kappa shape index (κ1) is 32.5. The Hall–Kier alpha value is -6.12. The predicted molar refractivity (Wildman–Crippen MR) is 231 cm³/mol. The van der Waals surface area contributed by atoms with Crippen LogP contribution < -0.4 is 4.90 Å². The molecule has 10 rings (SSSR count). The van der Waals surface area contributed by atoms with Gasteiger partial charge in [-0.1, -0.05) is 148 Å². The van der Waals surface area contributed by atoms with Crippen molar-refractivity contribution in [2.75, 3.05) is 4.90 Å². The zero-order chi connectivity index (χ0) is 36.6. The molecule has 1 unspecified atom stereocenters. The topological polar surface area (TPSA) is 7.65 Å². The summed E-state index contributed by atoms with van der Waals surface area (Å²) >= 11 is 0. The van der Waals surface area contributed by atoms with Gasteiger partial charge in [-0.3, -0.25) is 0 Å². The maximum Gasteiger partial charge on any atom is 0.0782 e. The highest BCUT2D eigenvalue weighted by Gasteiger charge is 2.36. The minimum absolute atomic E-state index is 0.140. The average molecular weight is 697 g/mol. The minimum Gasteiger partial charge on any atom is -0.312 e. The lowest BCUT2D eigenvalue weighted by Crippen LogP contribution is -2.22. The smallest absolute Gasteiger partial charge is 0.0782 e. The molecule has 2 nitrogen and oxygen atoms in total. The maximum absolute atomic E-state index is 4.29. The van der Waals surface area contributed by atoms with Gasteiger partial charge in [-0.05, 0) is 95.5 Å². The molecular weight excluding hydrogens is 653 g/mol. The van der Waals surface area contributed by atoms with Crippen LogP contribution in [-0.4, -0.2) is 4.40 Å². The summed E-state index contributed by atoms with van der Waals surface area (Å²) in [7, 11) is 0. The molecule has 3 aliphatic rings. The molecule has 0 aliphatic heterocycles. The Morgan fingerprint density at radius 3 is 2.30 bits per heavy atom. The third-order valence-corrected chi connectivity index (χ3v) is 12.2. The van der Waals surface area contributed by atoms with Crippen molar-refractivity contribution >= 4 is 55.0 Å². The summed E-state index contributed by atoms with van der Waals surface area (Å²) in [6.07, 6.45) is 21.6. The second-order valence-electron chi connectivity index (χ2n) is 15.6. The Balaban J connectivity index is 1.29. The molecule has 0 amide bonds. The second kappa shape index (κ2) is 12.5. The normalized spacial score (nSPS) is 18.2. The van der Waals surface area contributed by atoms with Gasteiger partial charge in [0, 0.05) is 44.3 Å². The van der Waals surface area contributed by atoms with E-state index in [0.717, 1.165) is 19.3 Å². The third kappa shape index (κ3) is 4.79. The van der Waals surface area contributed by atoms with Crippen LogP contribution in [0.2, 0.25) is 0 Å². The van der Waals surface area contributed by atoms with E-state index in [1.807, 2.05) is 0 Å². The Labute approximate surface area is 318 Å². The molecule has 0 bridgehead atoms. The standard InChI is InChI=1S/C52H44N2/c1-5-17-40-45-33-38(28-29-47(45)52(3,4)46(40)6-2)53(39-31-36(34-18-9-7-10-19-34)30-37(32-39)35-20-11-8-12-21-35)49-27-16-25-44-43-24-15-23-42-41-22-13-14-26-48(41)54(50(42)43)51(44)49/h5-7,9-11,13-30,32-33,36H,2,8,12,31H2,1,3-4H3/b17-5-. The summed E-state index contributed by atoms with van der Waals surface area (Å²) in [5.41, 5.74) is 16.4. The van der Waals surface area contributed by atoms with Crippen LogP contribution in [-0.2, 0) is 5.41 Å². The second-order valence-corrected chi connectivity index (χ2v) is 15.6. The number of rotatable bonds is 7. The molecule has 1 atom stereocenters. The van der Waals surface area contributed by atoms with Crippen molar-refractivity contribution in [3.05, 3.63) is 203 Å². The first-order chi connectivity index (χ1) is 26.5. The van der Waals surface area contributed by atoms with Crippen LogP contribution in [0, 0.1) is 0 Å². The lowest BCUT2D eigenvalue weighted by Gasteiger charge is -2.34. The number of fused-ring (bicyclic) bond motifs is 7. The fourth-order valence-corrected chi connectivity index (χ4v) is 9.73. The Kier molecular flexibility index (Phi) is 7.52. The van der Waals surface area contributed by atoms with Crippen LogP contribution >= 0.6 is 0 Å². The number of anilines is 2. The summed E-state index contributed by atoms with van der Waals surface area (Å²) in [5, 5.41) is 5.17. The van der Waals surface area contributed by atoms with Gasteiger partial charge in [0.1, 0.15) is 0 Å². The van der Waals surface area contributed by atoms with Crippen molar-refractivity contribution in [2.45, 2.75) is 51.4 Å². The first-order valence-electron chi connectivity index (χ1n) is 19.4. The number of hydrogen-bond acceptors (Lipinski definition) is 1. The van der Waals surface area contributed by atoms with Gasteiger partial charge in [-0.15, -0.1) is 0 Å². The Bertz CT molecular complexity index is 2840. The molecule has 2 heterocycles. The van der Waals surface area contributed by atoms with Gasteiger partial charge in [0.25, 0.3) is 0 Å². The van der Waals surface area contributed by atoms with E-state index in [2.05, 4.69) is 194 Å². The number of para-hydroxylation sites is 3. The molecule has 0 N–H and O–H groups in total. The molecule has 3 aliphatic carbocycles. The van der Waals surface area contributed by atoms with Gasteiger partial charge in [-0.25, -0.2) is 0 Å². The summed E-state index contributed by atoms with van der Waals surface area (Å²) in [6, 6.07) is 40.9. The van der Waals surface area contributed by atoms with Crippen LogP contribution in [0.15, 0.2) is 187 Å². The van der Waals surface area contributed by atoms with Gasteiger partial charge in [-0.2, -0.15) is 0 Å². The molecule has 5 aromatic carbocycles. The van der Waals surface area contributed by atoms with Gasteiger partial charge in [0.2, 0.25) is 0 Å². The summed E-state index contributed by atoms with van der Waals surface area (Å²) in [4.78, 5) is 2.59. The average Bonchev–Trinajstić information content (AvgIpc) is 3.81. The van der Waals surface area contributed by atoms with E-state index in [1.54, 1.807) is 0 Å². The van der Waals surface area contributed by atoms with Crippen molar-refractivity contribution in [3.8, 4) is 0 Å². The third-order valence-electron chi connectivity index (χ3n) is 12.2. The predicted octanol–water partition coefficient (Wildman–Crippen LogP) is 14.1. The highest BCUT2D eigenvalue weighted by atomic mass is 15.2. The molecule has 0 saturated heterocycles. The molecule has 2 aromatic heterocycles. The highest BCUT2D eigenvalue weighted by molar-refractivity contribution is 6.25. The van der Waals surface area contributed by atoms with E-state index in [1.165, 1.54) is 94.1 Å². The quantitative estimate of drug-likeness (QED) is 0.161. The van der Waals surface area contributed by atoms with E-state index >= 15 is 0 Å². The highest BCUT2D eigenvalue weighted by Crippen LogP contribution is 2.51. The van der Waals surface area contributed by atoms with E-state index in [-0.39, 0.29) is 11.3 Å². The van der Waals surface area contributed by atoms with Gasteiger partial charge in [0.15, 0.2) is 0 Å². The lowest BCUT2D eigenvalue weighted by molar-refractivity contribution is 0.654. The number of aromatic nitrogens is 1. The molecule has 0 fully saturated rings. The number of hydrogen-bond donors (Lipinski definition) is 0. The molecule has 7 aromatic rings. The van der Waals surface area contributed by atoms with Gasteiger partial charge in [0.05, 0.1) is 22.2 Å². The van der Waals surface area contributed by atoms with Crippen LogP contribution in [0.1, 0.15) is 62.6 Å². The van der Waals surface area contributed by atoms with E-state index in [4.69, 9.17) is 0 Å². The fraction of sp³-hybridized carbons (Fsp3) is 0.154. The van der Waals surface area contributed by atoms with Crippen LogP contribution in [0.4, 0.5) is 11.4 Å². The molecule has 2 heteroatoms. The molecule has 262 valence electrons. The van der Waals surface area contributed by atoms with Crippen molar-refractivity contribution < 1.29 is 0 Å². The molecule has 0 spiro atoms. The molecule has 0 saturated carbocycles. The minimum atomic E-state index is -0.140. The van der Waals surface area contributed by atoms with Crippen molar-refractivity contribution in [3.63, 3.8) is 0 Å². The Morgan fingerprint density at radius 1 is 0.778 bits per heavy atom. The van der Waals surface area contributed by atoms with Crippen LogP contribution in [0.3, 0.4) is 0 Å². The van der Waals surface area contributed by atoms with Crippen molar-refractivity contribution in [1.82, 2.24) is 4.40 Å². The zero-order valence-electron chi connectivity index (χ0n) is 31.3. The monoisotopic (exact) mass is 696 g/mol. The maximum atomic E-state index is 4.29.